The van der Waals surface area contributed by atoms with Gasteiger partial charge in [0.15, 0.2) is 14.1 Å². The molecule has 0 heterocycles. The molecule has 0 saturated carbocycles. The van der Waals surface area contributed by atoms with Gasteiger partial charge in [0.25, 0.3) is 0 Å². The van der Waals surface area contributed by atoms with Gasteiger partial charge in [0.1, 0.15) is 6.10 Å². The Morgan fingerprint density at radius 1 is 1.12 bits per heavy atom. The Hall–Kier alpha value is -0.153. The predicted octanol–water partition coefficient (Wildman–Crippen LogP) is 4.01. The number of rotatable bonds is 8. The van der Waals surface area contributed by atoms with Crippen LogP contribution in [0.2, 0.25) is 18.1 Å². The van der Waals surface area contributed by atoms with Crippen molar-refractivity contribution in [2.24, 2.45) is 5.92 Å². The Bertz CT molecular complexity index is 202. The van der Waals surface area contributed by atoms with Crippen LogP contribution in [0.15, 0.2) is 0 Å². The summed E-state index contributed by atoms with van der Waals surface area (Å²) in [6.45, 7) is 12.6. The first-order chi connectivity index (χ1) is 7.40. The quantitative estimate of drug-likeness (QED) is 0.603. The molecule has 0 aliphatic heterocycles. The molecule has 0 unspecified atom stereocenters. The molecule has 0 N–H and O–H groups in total. The first-order valence-corrected chi connectivity index (χ1v) is 9.12. The fourth-order valence-electron chi connectivity index (χ4n) is 2.03. The van der Waals surface area contributed by atoms with E-state index in [1.165, 1.54) is 0 Å². The van der Waals surface area contributed by atoms with E-state index in [2.05, 4.69) is 34.6 Å². The third-order valence-electron chi connectivity index (χ3n) is 3.46. The highest BCUT2D eigenvalue weighted by Crippen LogP contribution is 2.25. The lowest BCUT2D eigenvalue weighted by Crippen LogP contribution is -2.42. The molecule has 0 aliphatic carbocycles. The van der Waals surface area contributed by atoms with E-state index in [9.17, 15) is 4.79 Å². The molecule has 0 fully saturated rings. The van der Waals surface area contributed by atoms with Crippen molar-refractivity contribution in [3.63, 3.8) is 0 Å². The minimum absolute atomic E-state index is 0.161. The lowest BCUT2D eigenvalue weighted by Gasteiger charge is -2.32. The highest BCUT2D eigenvalue weighted by Gasteiger charge is 2.33. The molecule has 0 spiro atoms. The zero-order valence-electron chi connectivity index (χ0n) is 11.8. The van der Waals surface area contributed by atoms with Gasteiger partial charge < -0.3 is 4.43 Å². The largest absolute Gasteiger partial charge is 0.407 e. The van der Waals surface area contributed by atoms with Crippen LogP contribution >= 0.6 is 0 Å². The number of Topliss-reactive ketones (excluding diaryl/α,β-unsaturated/α-hetero) is 1. The molecule has 0 rings (SSSR count). The summed E-state index contributed by atoms with van der Waals surface area (Å²) in [6.07, 6.45) is 0.705. The summed E-state index contributed by atoms with van der Waals surface area (Å²) < 4.78 is 6.25. The van der Waals surface area contributed by atoms with Gasteiger partial charge in [0.2, 0.25) is 0 Å². The fourth-order valence-corrected chi connectivity index (χ4v) is 4.89. The number of hydrogen-bond donors (Lipinski definition) is 0. The SMILES string of the molecule is CC[Si](CC)(CC)O[C@@H](CC(C)C)C(C)=O. The minimum atomic E-state index is -1.63. The molecule has 1 atom stereocenters. The molecule has 0 aromatic rings. The summed E-state index contributed by atoms with van der Waals surface area (Å²) in [6, 6.07) is 3.34. The Kier molecular flexibility index (Phi) is 7.16. The Morgan fingerprint density at radius 3 is 1.81 bits per heavy atom. The van der Waals surface area contributed by atoms with E-state index < -0.39 is 8.32 Å². The van der Waals surface area contributed by atoms with Crippen molar-refractivity contribution in [2.75, 3.05) is 0 Å². The number of carbonyl (C=O) groups excluding carboxylic acids is 1. The molecule has 0 bridgehead atoms. The van der Waals surface area contributed by atoms with Crippen molar-refractivity contribution in [3.8, 4) is 0 Å². The first-order valence-electron chi connectivity index (χ1n) is 6.59. The molecule has 96 valence electrons. The monoisotopic (exact) mass is 244 g/mol. The molecular weight excluding hydrogens is 216 g/mol. The lowest BCUT2D eigenvalue weighted by atomic mass is 10.0. The molecule has 0 aromatic carbocycles. The van der Waals surface area contributed by atoms with E-state index in [-0.39, 0.29) is 11.9 Å². The standard InChI is InChI=1S/C13H28O2Si/c1-7-16(8-2,9-3)15-13(12(6)14)10-11(4)5/h11,13H,7-10H2,1-6H3/t13-/m0/s1. The molecule has 0 amide bonds. The molecule has 0 saturated heterocycles. The van der Waals surface area contributed by atoms with Crippen LogP contribution in [0.5, 0.6) is 0 Å². The van der Waals surface area contributed by atoms with Crippen LogP contribution in [0.4, 0.5) is 0 Å². The van der Waals surface area contributed by atoms with Gasteiger partial charge in [-0.2, -0.15) is 0 Å². The molecule has 0 aromatic heterocycles. The fraction of sp³-hybridized carbons (Fsp3) is 0.923. The van der Waals surface area contributed by atoms with Crippen LogP contribution in [0.25, 0.3) is 0 Å². The second-order valence-electron chi connectivity index (χ2n) is 5.09. The first kappa shape index (κ1) is 15.8. The van der Waals surface area contributed by atoms with Gasteiger partial charge in [-0.05, 0) is 37.4 Å². The number of ketones is 1. The molecule has 0 radical (unpaired) electrons. The van der Waals surface area contributed by atoms with Crippen molar-refractivity contribution in [2.45, 2.75) is 72.2 Å². The Balaban J connectivity index is 4.63. The average Bonchev–Trinajstić information content (AvgIpc) is 2.24. The summed E-state index contributed by atoms with van der Waals surface area (Å²) >= 11 is 0. The van der Waals surface area contributed by atoms with Gasteiger partial charge in [0.05, 0.1) is 0 Å². The van der Waals surface area contributed by atoms with Crippen molar-refractivity contribution in [3.05, 3.63) is 0 Å². The van der Waals surface area contributed by atoms with E-state index in [1.54, 1.807) is 6.92 Å². The van der Waals surface area contributed by atoms with Crippen LogP contribution in [0.3, 0.4) is 0 Å². The highest BCUT2D eigenvalue weighted by molar-refractivity contribution is 6.73. The van der Waals surface area contributed by atoms with Crippen molar-refractivity contribution in [1.29, 1.82) is 0 Å². The molecular formula is C13H28O2Si. The van der Waals surface area contributed by atoms with Crippen molar-refractivity contribution >= 4 is 14.1 Å². The van der Waals surface area contributed by atoms with Gasteiger partial charge in [-0.3, -0.25) is 4.79 Å². The summed E-state index contributed by atoms with van der Waals surface area (Å²) in [4.78, 5) is 11.6. The maximum absolute atomic E-state index is 11.6. The maximum Gasteiger partial charge on any atom is 0.193 e. The molecule has 3 heteroatoms. The van der Waals surface area contributed by atoms with Crippen molar-refractivity contribution in [1.82, 2.24) is 0 Å². The summed E-state index contributed by atoms with van der Waals surface area (Å²) in [5, 5.41) is 0. The topological polar surface area (TPSA) is 26.3 Å². The third-order valence-corrected chi connectivity index (χ3v) is 8.11. The molecule has 16 heavy (non-hydrogen) atoms. The number of carbonyl (C=O) groups is 1. The predicted molar refractivity (Wildman–Crippen MR) is 72.2 cm³/mol. The van der Waals surface area contributed by atoms with Crippen LogP contribution in [0.1, 0.15) is 48.0 Å². The zero-order valence-corrected chi connectivity index (χ0v) is 12.8. The van der Waals surface area contributed by atoms with Gasteiger partial charge in [-0.15, -0.1) is 0 Å². The summed E-state index contributed by atoms with van der Waals surface area (Å²) in [7, 11) is -1.63. The average molecular weight is 244 g/mol. The number of hydrogen-bond acceptors (Lipinski definition) is 2. The van der Waals surface area contributed by atoms with E-state index in [0.29, 0.717) is 5.92 Å². The van der Waals surface area contributed by atoms with Crippen LogP contribution < -0.4 is 0 Å². The van der Waals surface area contributed by atoms with E-state index in [1.807, 2.05) is 0 Å². The van der Waals surface area contributed by atoms with Gasteiger partial charge in [-0.25, -0.2) is 0 Å². The van der Waals surface area contributed by atoms with Crippen LogP contribution in [-0.4, -0.2) is 20.2 Å². The molecule has 2 nitrogen and oxygen atoms in total. The smallest absolute Gasteiger partial charge is 0.193 e. The van der Waals surface area contributed by atoms with Gasteiger partial charge >= 0.3 is 0 Å². The van der Waals surface area contributed by atoms with Crippen LogP contribution in [-0.2, 0) is 9.22 Å². The summed E-state index contributed by atoms with van der Waals surface area (Å²) in [5.41, 5.74) is 0. The second kappa shape index (κ2) is 7.23. The highest BCUT2D eigenvalue weighted by atomic mass is 28.4. The van der Waals surface area contributed by atoms with Crippen molar-refractivity contribution < 1.29 is 9.22 Å². The van der Waals surface area contributed by atoms with E-state index in [4.69, 9.17) is 4.43 Å². The van der Waals surface area contributed by atoms with E-state index >= 15 is 0 Å². The maximum atomic E-state index is 11.6. The van der Waals surface area contributed by atoms with Gasteiger partial charge in [0, 0.05) is 0 Å². The Labute approximate surface area is 102 Å². The van der Waals surface area contributed by atoms with E-state index in [0.717, 1.165) is 24.6 Å². The Morgan fingerprint density at radius 2 is 1.56 bits per heavy atom. The lowest BCUT2D eigenvalue weighted by molar-refractivity contribution is -0.124. The third kappa shape index (κ3) is 4.79. The van der Waals surface area contributed by atoms with Crippen LogP contribution in [0, 0.1) is 5.92 Å². The second-order valence-corrected chi connectivity index (χ2v) is 9.81. The normalized spacial score (nSPS) is 14.2. The zero-order chi connectivity index (χ0) is 12.8. The minimum Gasteiger partial charge on any atom is -0.407 e. The van der Waals surface area contributed by atoms with Gasteiger partial charge in [-0.1, -0.05) is 34.6 Å². The molecule has 0 aliphatic rings. The summed E-state index contributed by atoms with van der Waals surface area (Å²) in [5.74, 6) is 0.715.